The van der Waals surface area contributed by atoms with Crippen LogP contribution in [-0.2, 0) is 21.7 Å². The van der Waals surface area contributed by atoms with Crippen molar-refractivity contribution in [3.8, 4) is 45.8 Å². The van der Waals surface area contributed by atoms with Crippen LogP contribution in [-0.4, -0.2) is 9.13 Å². The van der Waals surface area contributed by atoms with E-state index in [-0.39, 0.29) is 5.41 Å². The van der Waals surface area contributed by atoms with Crippen molar-refractivity contribution in [2.45, 2.75) is 63.2 Å². The zero-order valence-electron chi connectivity index (χ0n) is 47.4. The Hall–Kier alpha value is -10.0. The van der Waals surface area contributed by atoms with Crippen molar-refractivity contribution in [2.75, 3.05) is 0 Å². The summed E-state index contributed by atoms with van der Waals surface area (Å²) in [5.74, 6) is 0. The molecule has 4 nitrogen and oxygen atoms in total. The van der Waals surface area contributed by atoms with E-state index in [9.17, 15) is 10.5 Å². The molecule has 83 heavy (non-hydrogen) atoms. The largest absolute Gasteiger partial charge is 0.308 e. The Morgan fingerprint density at radius 1 is 0.301 bits per heavy atom. The molecule has 0 spiro atoms. The van der Waals surface area contributed by atoms with Crippen LogP contribution >= 0.6 is 0 Å². The Kier molecular flexibility index (Phi) is 10.0. The molecule has 0 bridgehead atoms. The predicted octanol–water partition coefficient (Wildman–Crippen LogP) is 18.9. The normalized spacial score (nSPS) is 16.0. The second kappa shape index (κ2) is 17.0. The zero-order valence-corrected chi connectivity index (χ0v) is 47.4. The van der Waals surface area contributed by atoms with Gasteiger partial charge in [-0.3, -0.25) is 0 Å². The molecule has 4 heteroatoms. The minimum Gasteiger partial charge on any atom is -0.308 e. The quantitative estimate of drug-likeness (QED) is 0.167. The molecule has 3 aliphatic carbocycles. The average Bonchev–Trinajstić information content (AvgIpc) is 1.59. The highest BCUT2D eigenvalue weighted by Gasteiger charge is 2.60. The van der Waals surface area contributed by atoms with Gasteiger partial charge in [-0.2, -0.15) is 10.5 Å². The number of aromatic nitrogens is 2. The van der Waals surface area contributed by atoms with Crippen molar-refractivity contribution in [1.29, 1.82) is 10.5 Å². The molecule has 0 aliphatic heterocycles. The monoisotopic (exact) mass is 1060 g/mol. The Morgan fingerprint density at radius 2 is 0.614 bits per heavy atom. The van der Waals surface area contributed by atoms with E-state index in [0.717, 1.165) is 77.2 Å². The lowest BCUT2D eigenvalue weighted by Gasteiger charge is -2.45. The topological polar surface area (TPSA) is 57.4 Å². The Labute approximate surface area is 484 Å². The Bertz CT molecular complexity index is 4610. The minimum atomic E-state index is -0.605. The van der Waals surface area contributed by atoms with Gasteiger partial charge < -0.3 is 9.13 Å². The third-order valence-electron chi connectivity index (χ3n) is 21.0. The molecule has 0 unspecified atom stereocenters. The van der Waals surface area contributed by atoms with Crippen LogP contribution in [0, 0.1) is 28.1 Å². The van der Waals surface area contributed by atoms with E-state index in [4.69, 9.17) is 0 Å². The lowest BCUT2D eigenvalue weighted by molar-refractivity contribution is 0.125. The van der Waals surface area contributed by atoms with E-state index >= 15 is 0 Å². The van der Waals surface area contributed by atoms with E-state index in [1.807, 2.05) is 0 Å². The van der Waals surface area contributed by atoms with Crippen LogP contribution in [0.3, 0.4) is 0 Å². The van der Waals surface area contributed by atoms with Crippen molar-refractivity contribution in [1.82, 2.24) is 9.13 Å². The fraction of sp³-hybridized carbons (Fsp3) is 0.139. The SMILES string of the molecule is CC1(C)c2c(-n3c4ccccc4c4cc5c(cc43)-c3ccccc3C5(c3ccccc3)c3ccccc3)c(C#N)c(C#N)c(-n3c4ccccc4c4cc5c(cc43)-c3ccccc3C5(c3ccccc3)c3ccccc3)c2C(C)(C)C1(C)C. The minimum absolute atomic E-state index is 0.374. The lowest BCUT2D eigenvalue weighted by atomic mass is 9.59. The molecule has 0 saturated carbocycles. The number of fused-ring (bicyclic) bond motifs is 13. The van der Waals surface area contributed by atoms with Gasteiger partial charge in [0, 0.05) is 21.5 Å². The summed E-state index contributed by atoms with van der Waals surface area (Å²) in [5, 5.41) is 28.9. The first-order valence-corrected chi connectivity index (χ1v) is 29.1. The molecule has 0 radical (unpaired) electrons. The number of nitriles is 2. The molecular weight excluding hydrogens is 1000 g/mol. The first kappa shape index (κ1) is 48.9. The zero-order chi connectivity index (χ0) is 56.4. The number of hydrogen-bond acceptors (Lipinski definition) is 2. The molecule has 3 aliphatic rings. The van der Waals surface area contributed by atoms with Gasteiger partial charge in [0.25, 0.3) is 0 Å². The highest BCUT2D eigenvalue weighted by molar-refractivity contribution is 6.14. The molecule has 0 saturated heterocycles. The van der Waals surface area contributed by atoms with Crippen molar-refractivity contribution in [3.05, 3.63) is 309 Å². The van der Waals surface area contributed by atoms with E-state index in [1.165, 1.54) is 55.6 Å². The van der Waals surface area contributed by atoms with Crippen molar-refractivity contribution in [3.63, 3.8) is 0 Å². The van der Waals surface area contributed by atoms with Crippen molar-refractivity contribution < 1.29 is 0 Å². The smallest absolute Gasteiger partial charge is 0.103 e. The van der Waals surface area contributed by atoms with Crippen LogP contribution in [0.15, 0.2) is 243 Å². The molecule has 0 amide bonds. The summed E-state index contributed by atoms with van der Waals surface area (Å²) in [5.41, 5.74) is 20.2. The maximum absolute atomic E-state index is 12.3. The summed E-state index contributed by atoms with van der Waals surface area (Å²) in [6.07, 6.45) is 0. The number of hydrogen-bond donors (Lipinski definition) is 0. The van der Waals surface area contributed by atoms with E-state index < -0.39 is 21.7 Å². The first-order chi connectivity index (χ1) is 40.4. The third-order valence-corrected chi connectivity index (χ3v) is 21.0. The molecule has 394 valence electrons. The third kappa shape index (κ3) is 5.93. The molecule has 0 fully saturated rings. The summed E-state index contributed by atoms with van der Waals surface area (Å²) in [4.78, 5) is 0. The van der Waals surface area contributed by atoms with Gasteiger partial charge in [0.15, 0.2) is 0 Å². The van der Waals surface area contributed by atoms with Gasteiger partial charge in [-0.1, -0.05) is 248 Å². The van der Waals surface area contributed by atoms with E-state index in [1.54, 1.807) is 0 Å². The summed E-state index contributed by atoms with van der Waals surface area (Å²) >= 11 is 0. The molecule has 11 aromatic carbocycles. The maximum atomic E-state index is 12.3. The van der Waals surface area contributed by atoms with Crippen LogP contribution in [0.4, 0.5) is 0 Å². The summed E-state index contributed by atoms with van der Waals surface area (Å²) in [7, 11) is 0. The van der Waals surface area contributed by atoms with E-state index in [2.05, 4.69) is 305 Å². The Morgan fingerprint density at radius 3 is 0.964 bits per heavy atom. The summed E-state index contributed by atoms with van der Waals surface area (Å²) in [6, 6.07) is 94.4. The van der Waals surface area contributed by atoms with Crippen LogP contribution in [0.25, 0.3) is 77.2 Å². The second-order valence-corrected chi connectivity index (χ2v) is 24.9. The molecule has 0 atom stereocenters. The molecule has 0 N–H and O–H groups in total. The fourth-order valence-electron chi connectivity index (χ4n) is 16.3. The molecule has 16 rings (SSSR count). The molecule has 2 heterocycles. The van der Waals surface area contributed by atoms with Gasteiger partial charge in [0.2, 0.25) is 0 Å². The second-order valence-electron chi connectivity index (χ2n) is 24.9. The fourth-order valence-corrected chi connectivity index (χ4v) is 16.3. The van der Waals surface area contributed by atoms with E-state index in [0.29, 0.717) is 11.1 Å². The predicted molar refractivity (Wildman–Crippen MR) is 339 cm³/mol. The average molecular weight is 1060 g/mol. The van der Waals surface area contributed by atoms with Gasteiger partial charge in [-0.15, -0.1) is 0 Å². The number of para-hydroxylation sites is 2. The van der Waals surface area contributed by atoms with Crippen LogP contribution < -0.4 is 0 Å². The highest BCUT2D eigenvalue weighted by Crippen LogP contribution is 2.67. The van der Waals surface area contributed by atoms with Crippen molar-refractivity contribution in [2.24, 2.45) is 5.41 Å². The van der Waals surface area contributed by atoms with Gasteiger partial charge in [0.05, 0.1) is 55.4 Å². The maximum Gasteiger partial charge on any atom is 0.103 e. The van der Waals surface area contributed by atoms with Crippen LogP contribution in [0.1, 0.15) is 108 Å². The first-order valence-electron chi connectivity index (χ1n) is 29.1. The number of benzene rings is 11. The van der Waals surface area contributed by atoms with Gasteiger partial charge in [0.1, 0.15) is 12.1 Å². The van der Waals surface area contributed by atoms with Crippen LogP contribution in [0.2, 0.25) is 0 Å². The molecule has 2 aromatic heterocycles. The van der Waals surface area contributed by atoms with Gasteiger partial charge in [-0.25, -0.2) is 0 Å². The summed E-state index contributed by atoms with van der Waals surface area (Å²) < 4.78 is 4.75. The van der Waals surface area contributed by atoms with Crippen LogP contribution in [0.5, 0.6) is 0 Å². The molecule has 13 aromatic rings. The van der Waals surface area contributed by atoms with Gasteiger partial charge >= 0.3 is 0 Å². The highest BCUT2D eigenvalue weighted by atomic mass is 15.0. The Balaban J connectivity index is 1.05. The lowest BCUT2D eigenvalue weighted by Crippen LogP contribution is -2.42. The number of nitrogens with zero attached hydrogens (tertiary/aromatic N) is 4. The summed E-state index contributed by atoms with van der Waals surface area (Å²) in [6.45, 7) is 14.3. The standard InChI is InChI=1S/C79H58N4/c1-75(2)71-72(76(3,4)77(75,5)6)74(83-68-42-26-22-38-56(68)60-44-66-58(46-70(60)83)54-36-20-24-40-64(54)79(66,51-31-15-9-16-32-51)52-33-17-10-18-34-52)62(48-81)61(47-80)73(71)82-67-41-25-21-37-55(67)59-43-65-57(45-69(59)82)53-35-19-23-39-63(53)78(65,49-27-11-7-12-28-49)50-29-13-8-14-30-50/h7-46H,1-6H3. The number of rotatable bonds is 6. The molecular formula is C79H58N4. The van der Waals surface area contributed by atoms with Gasteiger partial charge in [-0.05, 0) is 131 Å². The van der Waals surface area contributed by atoms with Crippen molar-refractivity contribution >= 4 is 43.6 Å².